The Balaban J connectivity index is 1.60. The Bertz CT molecular complexity index is 1740. The molecular formula is C39H50ClN7O8. The Hall–Kier alpha value is -5.44. The van der Waals surface area contributed by atoms with E-state index in [1.54, 1.807) is 31.3 Å². The van der Waals surface area contributed by atoms with Crippen LogP contribution in [0.15, 0.2) is 60.7 Å². The summed E-state index contributed by atoms with van der Waals surface area (Å²) in [5, 5.41) is 10.8. The molecule has 2 aliphatic rings. The number of carbonyl (C=O) groups is 7. The molecule has 0 aromatic heterocycles. The predicted octanol–water partition coefficient (Wildman–Crippen LogP) is 2.16. The van der Waals surface area contributed by atoms with Crippen LogP contribution >= 0.6 is 11.6 Å². The number of piperidine rings is 1. The molecule has 2 aromatic carbocycles. The van der Waals surface area contributed by atoms with Crippen LogP contribution in [0.3, 0.4) is 0 Å². The lowest BCUT2D eigenvalue weighted by molar-refractivity contribution is -0.146. The van der Waals surface area contributed by atoms with Gasteiger partial charge in [0.1, 0.15) is 30.0 Å². The number of likely N-dealkylation sites (tertiary alicyclic amines) is 1. The second kappa shape index (κ2) is 20.9. The van der Waals surface area contributed by atoms with Crippen molar-refractivity contribution in [2.45, 2.75) is 82.0 Å². The van der Waals surface area contributed by atoms with Gasteiger partial charge in [-0.05, 0) is 73.8 Å². The third-order valence-corrected chi connectivity index (χ3v) is 10.00. The number of alkyl halides is 1. The molecule has 0 unspecified atom stereocenters. The molecule has 15 nitrogen and oxygen atoms in total. The van der Waals surface area contributed by atoms with E-state index >= 15 is 0 Å². The molecule has 2 aromatic rings. The van der Waals surface area contributed by atoms with Crippen LogP contribution in [0.1, 0.15) is 62.5 Å². The summed E-state index contributed by atoms with van der Waals surface area (Å²) in [5.74, 6) is -3.75. The van der Waals surface area contributed by atoms with E-state index in [1.807, 2.05) is 36.4 Å². The Morgan fingerprint density at radius 3 is 2.36 bits per heavy atom. The number of halogens is 1. The molecule has 4 rings (SSSR count). The third-order valence-electron chi connectivity index (χ3n) is 9.75. The normalized spacial score (nSPS) is 16.3. The lowest BCUT2D eigenvalue weighted by atomic mass is 9.96. The molecule has 1 saturated heterocycles. The number of ether oxygens (including phenoxy) is 1. The van der Waals surface area contributed by atoms with Crippen LogP contribution in [-0.2, 0) is 39.9 Å². The van der Waals surface area contributed by atoms with Crippen molar-refractivity contribution in [2.24, 2.45) is 5.73 Å². The number of anilines is 1. The summed E-state index contributed by atoms with van der Waals surface area (Å²) in [6, 6.07) is 11.6. The number of methoxy groups -OCH3 is 1. The van der Waals surface area contributed by atoms with E-state index in [9.17, 15) is 33.6 Å². The summed E-state index contributed by atoms with van der Waals surface area (Å²) in [6.45, 7) is 0.380. The lowest BCUT2D eigenvalue weighted by Crippen LogP contribution is -2.60. The number of likely N-dealkylation sites (N-methyl/N-ethyl adjacent to an activating group) is 1. The van der Waals surface area contributed by atoms with Crippen molar-refractivity contribution in [3.8, 4) is 0 Å². The number of nitrogens with two attached hydrogens (primary N) is 1. The second-order valence-corrected chi connectivity index (χ2v) is 13.8. The molecular weight excluding hydrogens is 730 g/mol. The number of rotatable bonds is 18. The van der Waals surface area contributed by atoms with E-state index in [0.717, 1.165) is 16.7 Å². The number of nitrogens with zero attached hydrogens (tertiary/aromatic N) is 2. The first-order chi connectivity index (χ1) is 26.4. The van der Waals surface area contributed by atoms with Gasteiger partial charge in [-0.15, -0.1) is 11.6 Å². The molecule has 296 valence electrons. The molecule has 0 spiro atoms. The molecule has 0 bridgehead atoms. The molecule has 55 heavy (non-hydrogen) atoms. The molecule has 1 aliphatic heterocycles. The standard InChI is InChI=1S/C39H50ClN7O8/c1-46(27-12-4-3-5-13-27)37(52)29(15-10-21-42-39(41)54)44-35(50)31(23-26-18-17-25-11-6-7-14-28(25)26)45-36(51)32-16-8-9-22-47(32)38(53)30(43-33(48)24-40)19-20-34(49)55-2/h3-7,11-14,18,29-32H,8-10,15-17,19-24H2,1-2H3,(H,43,48)(H,44,50)(H,45,51)(H3,41,42,54)/t29-,30-,31-,32-/m0/s1. The summed E-state index contributed by atoms with van der Waals surface area (Å²) in [4.78, 5) is 94.7. The fourth-order valence-electron chi connectivity index (χ4n) is 6.83. The van der Waals surface area contributed by atoms with Crippen molar-refractivity contribution in [3.63, 3.8) is 0 Å². The third kappa shape index (κ3) is 12.0. The molecule has 7 amide bonds. The maximum absolute atomic E-state index is 14.3. The first-order valence-corrected chi connectivity index (χ1v) is 18.9. The first-order valence-electron chi connectivity index (χ1n) is 18.4. The largest absolute Gasteiger partial charge is 0.469 e. The summed E-state index contributed by atoms with van der Waals surface area (Å²) in [7, 11) is 2.82. The second-order valence-electron chi connectivity index (χ2n) is 13.5. The van der Waals surface area contributed by atoms with Gasteiger partial charge in [0.2, 0.25) is 29.5 Å². The van der Waals surface area contributed by atoms with E-state index < -0.39 is 71.6 Å². The number of urea groups is 1. The van der Waals surface area contributed by atoms with Crippen molar-refractivity contribution in [1.82, 2.24) is 26.2 Å². The minimum atomic E-state index is -1.16. The zero-order valence-electron chi connectivity index (χ0n) is 31.2. The molecule has 1 heterocycles. The highest BCUT2D eigenvalue weighted by atomic mass is 35.5. The van der Waals surface area contributed by atoms with Gasteiger partial charge in [0.15, 0.2) is 0 Å². The van der Waals surface area contributed by atoms with Gasteiger partial charge >= 0.3 is 12.0 Å². The Kier molecular flexibility index (Phi) is 16.0. The molecule has 6 N–H and O–H groups in total. The fraction of sp³-hybridized carbons (Fsp3) is 0.462. The minimum Gasteiger partial charge on any atom is -0.469 e. The number of primary amides is 1. The molecule has 4 atom stereocenters. The highest BCUT2D eigenvalue weighted by Crippen LogP contribution is 2.31. The number of carbonyl (C=O) groups excluding carboxylic acids is 7. The van der Waals surface area contributed by atoms with E-state index in [4.69, 9.17) is 22.1 Å². The maximum Gasteiger partial charge on any atom is 0.312 e. The Labute approximate surface area is 325 Å². The quantitative estimate of drug-likeness (QED) is 0.0859. The molecule has 16 heteroatoms. The summed E-state index contributed by atoms with van der Waals surface area (Å²) >= 11 is 5.72. The molecule has 0 saturated carbocycles. The van der Waals surface area contributed by atoms with Gasteiger partial charge in [0.25, 0.3) is 0 Å². The van der Waals surface area contributed by atoms with E-state index in [2.05, 4.69) is 21.3 Å². The van der Waals surface area contributed by atoms with Gasteiger partial charge in [-0.1, -0.05) is 48.5 Å². The van der Waals surface area contributed by atoms with Crippen molar-refractivity contribution in [2.75, 3.05) is 38.0 Å². The van der Waals surface area contributed by atoms with Gasteiger partial charge in [-0.2, -0.15) is 0 Å². The van der Waals surface area contributed by atoms with Crippen LogP contribution in [0.5, 0.6) is 0 Å². The smallest absolute Gasteiger partial charge is 0.312 e. The first kappa shape index (κ1) is 42.3. The lowest BCUT2D eigenvalue weighted by Gasteiger charge is -2.37. The number of fused-ring (bicyclic) bond motifs is 1. The molecule has 1 fully saturated rings. The maximum atomic E-state index is 14.3. The van der Waals surface area contributed by atoms with Crippen molar-refractivity contribution in [1.29, 1.82) is 0 Å². The van der Waals surface area contributed by atoms with E-state index in [0.29, 0.717) is 37.8 Å². The average molecular weight is 780 g/mol. The zero-order chi connectivity index (χ0) is 39.9. The van der Waals surface area contributed by atoms with Crippen molar-refractivity contribution in [3.05, 3.63) is 71.8 Å². The van der Waals surface area contributed by atoms with E-state index in [1.165, 1.54) is 16.9 Å². The summed E-state index contributed by atoms with van der Waals surface area (Å²) < 4.78 is 4.72. The summed E-state index contributed by atoms with van der Waals surface area (Å²) in [6.07, 6.45) is 4.50. The Morgan fingerprint density at radius 2 is 1.65 bits per heavy atom. The van der Waals surface area contributed by atoms with Gasteiger partial charge < -0.3 is 41.5 Å². The van der Waals surface area contributed by atoms with Crippen LogP contribution in [0.2, 0.25) is 0 Å². The minimum absolute atomic E-state index is 0.0701. The number of hydrogen-bond donors (Lipinski definition) is 5. The number of nitrogens with one attached hydrogen (secondary N) is 4. The van der Waals surface area contributed by atoms with Crippen LogP contribution in [0.25, 0.3) is 5.57 Å². The van der Waals surface area contributed by atoms with Crippen LogP contribution in [0.4, 0.5) is 10.5 Å². The SMILES string of the molecule is COC(=O)CC[C@H](NC(=O)CCl)C(=O)N1CCCC[C@H]1C(=O)N[C@@H](CC1=CCc2ccccc21)C(=O)N[C@@H](CCCNC(N)=O)C(=O)N(C)c1ccccc1. The fourth-order valence-corrected chi connectivity index (χ4v) is 6.90. The number of allylic oxidation sites excluding steroid dienone is 1. The molecule has 0 radical (unpaired) electrons. The van der Waals surface area contributed by atoms with Gasteiger partial charge in [-0.3, -0.25) is 28.8 Å². The number of para-hydroxylation sites is 1. The van der Waals surface area contributed by atoms with Crippen molar-refractivity contribution < 1.29 is 38.3 Å². The topological polar surface area (TPSA) is 209 Å². The van der Waals surface area contributed by atoms with Crippen LogP contribution in [-0.4, -0.2) is 104 Å². The van der Waals surface area contributed by atoms with E-state index in [-0.39, 0.29) is 38.8 Å². The number of esters is 1. The number of hydrogen-bond acceptors (Lipinski definition) is 8. The van der Waals surface area contributed by atoms with Gasteiger partial charge in [0.05, 0.1) is 7.11 Å². The Morgan fingerprint density at radius 1 is 0.927 bits per heavy atom. The van der Waals surface area contributed by atoms with Gasteiger partial charge in [0, 0.05) is 38.7 Å². The zero-order valence-corrected chi connectivity index (χ0v) is 31.9. The predicted molar refractivity (Wildman–Crippen MR) is 207 cm³/mol. The van der Waals surface area contributed by atoms with Crippen LogP contribution < -0.4 is 31.9 Å². The van der Waals surface area contributed by atoms with Gasteiger partial charge in [-0.25, -0.2) is 4.79 Å². The summed E-state index contributed by atoms with van der Waals surface area (Å²) in [5.41, 5.74) is 8.70. The highest BCUT2D eigenvalue weighted by molar-refractivity contribution is 6.27. The highest BCUT2D eigenvalue weighted by Gasteiger charge is 2.38. The number of benzene rings is 2. The average Bonchev–Trinajstić information content (AvgIpc) is 3.61. The van der Waals surface area contributed by atoms with Crippen molar-refractivity contribution >= 4 is 64.4 Å². The monoisotopic (exact) mass is 779 g/mol. The number of amides is 7. The molecule has 1 aliphatic carbocycles. The van der Waals surface area contributed by atoms with Crippen LogP contribution in [0, 0.1) is 0 Å².